The van der Waals surface area contributed by atoms with E-state index in [1.54, 1.807) is 36.8 Å². The highest BCUT2D eigenvalue weighted by atomic mass is 32.1. The number of fused-ring (bicyclic) bond motifs is 2. The van der Waals surface area contributed by atoms with Gasteiger partial charge in [0.2, 0.25) is 0 Å². The van der Waals surface area contributed by atoms with Gasteiger partial charge in [-0.15, -0.1) is 11.3 Å². The Morgan fingerprint density at radius 3 is 2.54 bits per heavy atom. The number of aryl methyl sites for hydroxylation is 1. The zero-order chi connectivity index (χ0) is 27.1. The third kappa shape index (κ3) is 4.20. The Hall–Kier alpha value is -4.95. The van der Waals surface area contributed by atoms with Crippen LogP contribution in [0.3, 0.4) is 0 Å². The van der Waals surface area contributed by atoms with Crippen LogP contribution in [0.2, 0.25) is 0 Å². The van der Waals surface area contributed by atoms with Gasteiger partial charge in [-0.25, -0.2) is 4.98 Å². The zero-order valence-corrected chi connectivity index (χ0v) is 22.1. The van der Waals surface area contributed by atoms with Crippen LogP contribution >= 0.6 is 11.3 Å². The first-order valence-corrected chi connectivity index (χ1v) is 13.1. The number of nitrogen functional groups attached to an aromatic ring is 1. The van der Waals surface area contributed by atoms with E-state index < -0.39 is 0 Å². The van der Waals surface area contributed by atoms with E-state index >= 15 is 0 Å². The summed E-state index contributed by atoms with van der Waals surface area (Å²) in [5.74, 6) is 0.743. The van der Waals surface area contributed by atoms with Crippen molar-refractivity contribution in [1.82, 2.24) is 9.55 Å². The van der Waals surface area contributed by atoms with Crippen molar-refractivity contribution in [2.24, 2.45) is 7.05 Å². The van der Waals surface area contributed by atoms with Gasteiger partial charge in [-0.05, 0) is 40.8 Å². The van der Waals surface area contributed by atoms with Crippen LogP contribution in [0.5, 0.6) is 5.75 Å². The first-order chi connectivity index (χ1) is 19.0. The summed E-state index contributed by atoms with van der Waals surface area (Å²) in [5.41, 5.74) is 12.8. The molecule has 0 aliphatic heterocycles. The number of pyridine rings is 1. The molecule has 0 aliphatic carbocycles. The van der Waals surface area contributed by atoms with E-state index in [-0.39, 0.29) is 5.91 Å². The standard InChI is InChI=1S/C31H24N4O3S/c1-35-25-6-4-3-5-21(25)13-26(35)31(37)34-24-12-11-20(14-27(24)38-2)23-17-39-29-22(15-33-30(32)28(23)29)19-9-7-18(16-36)8-10-19/h3-17H,1-2H3,(H2,32,33)(H,34,37). The van der Waals surface area contributed by atoms with Crippen LogP contribution in [0, 0.1) is 0 Å². The third-order valence-corrected chi connectivity index (χ3v) is 7.94. The first-order valence-electron chi connectivity index (χ1n) is 12.2. The molecule has 39 heavy (non-hydrogen) atoms. The molecule has 0 aliphatic rings. The van der Waals surface area contributed by atoms with Crippen LogP contribution in [0.4, 0.5) is 11.5 Å². The molecule has 1 amide bonds. The Morgan fingerprint density at radius 2 is 1.79 bits per heavy atom. The number of para-hydroxylation sites is 1. The summed E-state index contributed by atoms with van der Waals surface area (Å²) < 4.78 is 8.55. The number of anilines is 2. The molecule has 0 bridgehead atoms. The van der Waals surface area contributed by atoms with Crippen molar-refractivity contribution < 1.29 is 14.3 Å². The number of nitrogens with two attached hydrogens (primary N) is 1. The van der Waals surface area contributed by atoms with Gasteiger partial charge in [-0.3, -0.25) is 9.59 Å². The molecule has 0 saturated heterocycles. The van der Waals surface area contributed by atoms with Gasteiger partial charge in [0.25, 0.3) is 5.91 Å². The van der Waals surface area contributed by atoms with E-state index in [2.05, 4.69) is 15.7 Å². The van der Waals surface area contributed by atoms with E-state index in [9.17, 15) is 9.59 Å². The van der Waals surface area contributed by atoms with Gasteiger partial charge in [0.15, 0.2) is 0 Å². The van der Waals surface area contributed by atoms with Crippen LogP contribution in [-0.2, 0) is 7.05 Å². The maximum absolute atomic E-state index is 13.2. The molecule has 3 heterocycles. The zero-order valence-electron chi connectivity index (χ0n) is 21.3. The number of aromatic nitrogens is 2. The molecule has 7 nitrogen and oxygen atoms in total. The van der Waals surface area contributed by atoms with Crippen LogP contribution in [0.1, 0.15) is 20.8 Å². The predicted molar refractivity (Wildman–Crippen MR) is 158 cm³/mol. The molecule has 192 valence electrons. The molecule has 3 N–H and O–H groups in total. The highest BCUT2D eigenvalue weighted by Crippen LogP contribution is 2.43. The van der Waals surface area contributed by atoms with Gasteiger partial charge < -0.3 is 20.4 Å². The summed E-state index contributed by atoms with van der Waals surface area (Å²) in [6.07, 6.45) is 2.59. The van der Waals surface area contributed by atoms with Crippen LogP contribution in [0.15, 0.2) is 84.4 Å². The van der Waals surface area contributed by atoms with Gasteiger partial charge in [0, 0.05) is 50.9 Å². The van der Waals surface area contributed by atoms with E-state index in [0.717, 1.165) is 49.5 Å². The molecule has 0 unspecified atom stereocenters. The Labute approximate surface area is 228 Å². The Morgan fingerprint density at radius 1 is 1.03 bits per heavy atom. The summed E-state index contributed by atoms with van der Waals surface area (Å²) in [5, 5.41) is 6.90. The predicted octanol–water partition coefficient (Wildman–Crippen LogP) is 6.78. The number of nitrogens with one attached hydrogen (secondary N) is 1. The number of hydrogen-bond acceptors (Lipinski definition) is 6. The summed E-state index contributed by atoms with van der Waals surface area (Å²) in [7, 11) is 3.46. The smallest absolute Gasteiger partial charge is 0.272 e. The lowest BCUT2D eigenvalue weighted by Crippen LogP contribution is -2.16. The molecular weight excluding hydrogens is 508 g/mol. The van der Waals surface area contributed by atoms with Crippen molar-refractivity contribution in [3.63, 3.8) is 0 Å². The fourth-order valence-electron chi connectivity index (χ4n) is 4.88. The number of benzene rings is 3. The number of thiophene rings is 1. The second-order valence-corrected chi connectivity index (χ2v) is 10.0. The van der Waals surface area contributed by atoms with Crippen molar-refractivity contribution in [3.8, 4) is 28.0 Å². The normalized spacial score (nSPS) is 11.1. The molecule has 3 aromatic carbocycles. The van der Waals surface area contributed by atoms with Crippen molar-refractivity contribution >= 4 is 56.0 Å². The first kappa shape index (κ1) is 24.4. The largest absolute Gasteiger partial charge is 0.495 e. The van der Waals surface area contributed by atoms with Crippen molar-refractivity contribution in [1.29, 1.82) is 0 Å². The van der Waals surface area contributed by atoms with Gasteiger partial charge in [-0.1, -0.05) is 48.5 Å². The van der Waals surface area contributed by atoms with Crippen LogP contribution < -0.4 is 15.8 Å². The lowest BCUT2D eigenvalue weighted by Gasteiger charge is -2.13. The number of carbonyl (C=O) groups is 2. The molecule has 6 rings (SSSR count). The number of carbonyl (C=O) groups excluding carboxylic acids is 2. The Kier molecular flexibility index (Phi) is 6.09. The van der Waals surface area contributed by atoms with E-state index in [0.29, 0.717) is 28.5 Å². The topological polar surface area (TPSA) is 99.2 Å². The quantitative estimate of drug-likeness (QED) is 0.230. The number of nitrogens with zero attached hydrogens (tertiary/aromatic N) is 2. The number of ether oxygens (including phenoxy) is 1. The maximum atomic E-state index is 13.2. The fourth-order valence-corrected chi connectivity index (χ4v) is 6.00. The highest BCUT2D eigenvalue weighted by Gasteiger charge is 2.19. The van der Waals surface area contributed by atoms with Crippen molar-refractivity contribution in [2.45, 2.75) is 0 Å². The van der Waals surface area contributed by atoms with Gasteiger partial charge in [-0.2, -0.15) is 0 Å². The van der Waals surface area contributed by atoms with E-state index in [1.165, 1.54) is 0 Å². The second-order valence-electron chi connectivity index (χ2n) is 9.17. The molecule has 0 fully saturated rings. The average molecular weight is 533 g/mol. The van der Waals surface area contributed by atoms with E-state index in [1.807, 2.05) is 72.3 Å². The second kappa shape index (κ2) is 9.74. The summed E-state index contributed by atoms with van der Waals surface area (Å²) in [6.45, 7) is 0. The summed E-state index contributed by atoms with van der Waals surface area (Å²) in [4.78, 5) is 28.7. The van der Waals surface area contributed by atoms with Crippen molar-refractivity contribution in [2.75, 3.05) is 18.2 Å². The minimum atomic E-state index is -0.223. The summed E-state index contributed by atoms with van der Waals surface area (Å²) in [6, 6.07) is 22.8. The Bertz CT molecular complexity index is 1890. The fraction of sp³-hybridized carbons (Fsp3) is 0.0645. The molecular formula is C31H24N4O3S. The minimum absolute atomic E-state index is 0.223. The molecule has 0 saturated carbocycles. The van der Waals surface area contributed by atoms with E-state index in [4.69, 9.17) is 10.5 Å². The number of hydrogen-bond donors (Lipinski definition) is 2. The SMILES string of the molecule is COc1cc(-c2csc3c(-c4ccc(C=O)cc4)cnc(N)c23)ccc1NC(=O)c1cc2ccccc2n1C. The van der Waals surface area contributed by atoms with Gasteiger partial charge >= 0.3 is 0 Å². The van der Waals surface area contributed by atoms with Gasteiger partial charge in [0.1, 0.15) is 23.5 Å². The highest BCUT2D eigenvalue weighted by molar-refractivity contribution is 7.18. The monoisotopic (exact) mass is 532 g/mol. The molecule has 0 radical (unpaired) electrons. The lowest BCUT2D eigenvalue weighted by atomic mass is 10.0. The number of amides is 1. The maximum Gasteiger partial charge on any atom is 0.272 e. The number of rotatable bonds is 6. The third-order valence-electron chi connectivity index (χ3n) is 6.93. The van der Waals surface area contributed by atoms with Crippen LogP contribution in [0.25, 0.3) is 43.2 Å². The minimum Gasteiger partial charge on any atom is -0.495 e. The number of methoxy groups -OCH3 is 1. The summed E-state index contributed by atoms with van der Waals surface area (Å²) >= 11 is 1.58. The molecule has 3 aromatic heterocycles. The van der Waals surface area contributed by atoms with Crippen LogP contribution in [-0.4, -0.2) is 28.9 Å². The molecule has 0 spiro atoms. The molecule has 6 aromatic rings. The lowest BCUT2D eigenvalue weighted by molar-refractivity contribution is 0.101. The molecule has 0 atom stereocenters. The van der Waals surface area contributed by atoms with Crippen molar-refractivity contribution in [3.05, 3.63) is 95.6 Å². The Balaban J connectivity index is 1.36. The average Bonchev–Trinajstić information content (AvgIpc) is 3.56. The number of aldehydes is 1. The van der Waals surface area contributed by atoms with Gasteiger partial charge in [0.05, 0.1) is 12.8 Å². The molecule has 8 heteroatoms.